The van der Waals surface area contributed by atoms with Crippen LogP contribution >= 0.6 is 0 Å². The zero-order valence-electron chi connectivity index (χ0n) is 17.0. The number of aromatic nitrogens is 4. The maximum atomic E-state index is 8.99. The van der Waals surface area contributed by atoms with E-state index >= 15 is 0 Å². The van der Waals surface area contributed by atoms with Crippen molar-refractivity contribution in [1.29, 1.82) is 10.5 Å². The fraction of sp³-hybridized carbons (Fsp3) is 0.0870. The summed E-state index contributed by atoms with van der Waals surface area (Å²) in [4.78, 5) is 15.4. The molecule has 150 valence electrons. The molecule has 0 unspecified atom stereocenters. The van der Waals surface area contributed by atoms with Crippen LogP contribution in [0.5, 0.6) is 0 Å². The largest absolute Gasteiger partial charge is 0.337 e. The smallest absolute Gasteiger partial charge is 0.307 e. The first-order valence-electron chi connectivity index (χ1n) is 9.56. The normalized spacial score (nSPS) is 10.7. The van der Waals surface area contributed by atoms with E-state index in [0.29, 0.717) is 23.0 Å². The molecule has 4 N–H and O–H groups in total. The van der Waals surface area contributed by atoms with Crippen molar-refractivity contribution in [2.24, 2.45) is 0 Å². The van der Waals surface area contributed by atoms with E-state index in [0.717, 1.165) is 33.6 Å². The number of allylic oxidation sites excluding steroid dienone is 1. The Morgan fingerprint density at radius 2 is 1.77 bits per heavy atom. The monoisotopic (exact) mass is 407 g/mol. The summed E-state index contributed by atoms with van der Waals surface area (Å²) in [5, 5.41) is 24.3. The summed E-state index contributed by atoms with van der Waals surface area (Å²) in [6.45, 7) is 3.99. The van der Waals surface area contributed by atoms with Crippen LogP contribution in [0.15, 0.2) is 48.8 Å². The van der Waals surface area contributed by atoms with E-state index in [1.807, 2.05) is 44.2 Å². The van der Waals surface area contributed by atoms with E-state index in [4.69, 9.17) is 10.5 Å². The zero-order chi connectivity index (χ0) is 21.8. The van der Waals surface area contributed by atoms with Gasteiger partial charge in [-0.2, -0.15) is 15.5 Å². The van der Waals surface area contributed by atoms with Gasteiger partial charge >= 0.3 is 11.6 Å². The molecule has 0 saturated heterocycles. The van der Waals surface area contributed by atoms with Gasteiger partial charge in [0.15, 0.2) is 12.1 Å². The van der Waals surface area contributed by atoms with Crippen LogP contribution in [0.1, 0.15) is 22.3 Å². The van der Waals surface area contributed by atoms with Crippen molar-refractivity contribution in [2.75, 3.05) is 10.6 Å². The molecule has 0 spiro atoms. The molecule has 0 radical (unpaired) electrons. The van der Waals surface area contributed by atoms with Crippen molar-refractivity contribution < 1.29 is 4.98 Å². The van der Waals surface area contributed by atoms with Gasteiger partial charge in [-0.15, -0.1) is 0 Å². The lowest BCUT2D eigenvalue weighted by Gasteiger charge is -2.12. The topological polar surface area (TPSA) is 127 Å². The summed E-state index contributed by atoms with van der Waals surface area (Å²) in [5.41, 5.74) is 6.68. The second-order valence-corrected chi connectivity index (χ2v) is 6.98. The molecular weight excluding hydrogens is 388 g/mol. The number of anilines is 4. The minimum absolute atomic E-state index is 0.436. The Morgan fingerprint density at radius 3 is 2.45 bits per heavy atom. The molecule has 0 atom stereocenters. The van der Waals surface area contributed by atoms with E-state index in [1.165, 1.54) is 6.08 Å². The summed E-state index contributed by atoms with van der Waals surface area (Å²) in [5.74, 6) is 1.04. The standard InChI is InChI=1S/C23H18N8/c1-14-10-17(4-3-9-24)11-15(2)19(14)29-23-30-21-20(26-13-27-21)22(31-23)28-18-7-5-16(12-25)6-8-18/h3-8,10-11,13H,1-2H3,(H3,26,27,28,29,30,31)/p+1/b4-3+. The second-order valence-electron chi connectivity index (χ2n) is 6.98. The quantitative estimate of drug-likeness (QED) is 0.424. The molecule has 0 fully saturated rings. The zero-order valence-corrected chi connectivity index (χ0v) is 17.0. The number of nitrogens with zero attached hydrogens (tertiary/aromatic N) is 4. The first-order valence-corrected chi connectivity index (χ1v) is 9.56. The molecule has 2 heterocycles. The Hall–Kier alpha value is -4.69. The number of imidazole rings is 1. The third-order valence-electron chi connectivity index (χ3n) is 4.75. The van der Waals surface area contributed by atoms with Gasteiger partial charge in [0.05, 0.1) is 17.7 Å². The average molecular weight is 407 g/mol. The molecule has 0 aliphatic heterocycles. The minimum atomic E-state index is 0.436. The van der Waals surface area contributed by atoms with Crippen LogP contribution < -0.4 is 15.6 Å². The predicted octanol–water partition coefficient (Wildman–Crippen LogP) is 4.28. The lowest BCUT2D eigenvalue weighted by molar-refractivity contribution is -0.347. The van der Waals surface area contributed by atoms with Crippen molar-refractivity contribution in [2.45, 2.75) is 13.8 Å². The van der Waals surface area contributed by atoms with Gasteiger partial charge in [-0.3, -0.25) is 4.98 Å². The van der Waals surface area contributed by atoms with E-state index in [2.05, 4.69) is 36.6 Å². The lowest BCUT2D eigenvalue weighted by atomic mass is 10.0. The highest BCUT2D eigenvalue weighted by molar-refractivity contribution is 5.84. The highest BCUT2D eigenvalue weighted by atomic mass is 15.2. The average Bonchev–Trinajstić information content (AvgIpc) is 3.24. The first kappa shape index (κ1) is 19.6. The SMILES string of the molecule is Cc1cc(/C=C/C#N)cc(C)c1Nc1nc(Nc2ccc(C#N)cc2)c2[nH]c[nH+]c2n1. The number of aromatic amines is 2. The molecule has 4 rings (SSSR count). The van der Waals surface area contributed by atoms with Crippen LogP contribution in [0.3, 0.4) is 0 Å². The predicted molar refractivity (Wildman–Crippen MR) is 119 cm³/mol. The molecule has 0 saturated carbocycles. The summed E-state index contributed by atoms with van der Waals surface area (Å²) >= 11 is 0. The van der Waals surface area contributed by atoms with Crippen LogP contribution in [0.25, 0.3) is 17.2 Å². The van der Waals surface area contributed by atoms with Crippen molar-refractivity contribution in [3.05, 3.63) is 71.1 Å². The van der Waals surface area contributed by atoms with Crippen LogP contribution in [-0.2, 0) is 0 Å². The number of benzene rings is 2. The number of hydrogen-bond acceptors (Lipinski definition) is 6. The van der Waals surface area contributed by atoms with Gasteiger partial charge in [0, 0.05) is 17.5 Å². The molecule has 0 bridgehead atoms. The molecule has 0 aliphatic carbocycles. The van der Waals surface area contributed by atoms with Gasteiger partial charge in [0.1, 0.15) is 0 Å². The number of rotatable bonds is 5. The van der Waals surface area contributed by atoms with E-state index in [-0.39, 0.29) is 0 Å². The molecule has 2 aromatic carbocycles. The molecular formula is C23H19N8+. The number of nitriles is 2. The molecule has 0 aliphatic rings. The van der Waals surface area contributed by atoms with Crippen LogP contribution in [0.2, 0.25) is 0 Å². The van der Waals surface area contributed by atoms with Crippen molar-refractivity contribution in [3.8, 4) is 12.1 Å². The van der Waals surface area contributed by atoms with Crippen molar-refractivity contribution in [3.63, 3.8) is 0 Å². The third kappa shape index (κ3) is 4.19. The summed E-state index contributed by atoms with van der Waals surface area (Å²) in [6.07, 6.45) is 4.93. The Kier molecular flexibility index (Phi) is 5.29. The number of nitrogens with one attached hydrogen (secondary N) is 4. The van der Waals surface area contributed by atoms with E-state index in [1.54, 1.807) is 24.5 Å². The van der Waals surface area contributed by atoms with Crippen LogP contribution in [-0.4, -0.2) is 15.0 Å². The molecule has 4 aromatic rings. The van der Waals surface area contributed by atoms with Gasteiger partial charge in [0.2, 0.25) is 5.52 Å². The Bertz CT molecular complexity index is 1340. The maximum Gasteiger partial charge on any atom is 0.307 e. The molecule has 2 aromatic heterocycles. The first-order chi connectivity index (χ1) is 15.1. The number of H-pyrrole nitrogens is 2. The van der Waals surface area contributed by atoms with E-state index < -0.39 is 0 Å². The summed E-state index contributed by atoms with van der Waals surface area (Å²) < 4.78 is 0. The number of aryl methyl sites for hydroxylation is 2. The Labute approximate surface area is 178 Å². The lowest BCUT2D eigenvalue weighted by Crippen LogP contribution is -2.07. The fourth-order valence-corrected chi connectivity index (χ4v) is 3.33. The molecule has 31 heavy (non-hydrogen) atoms. The number of fused-ring (bicyclic) bond motifs is 1. The maximum absolute atomic E-state index is 8.99. The Morgan fingerprint density at radius 1 is 1.03 bits per heavy atom. The third-order valence-corrected chi connectivity index (χ3v) is 4.75. The summed E-state index contributed by atoms with van der Waals surface area (Å²) in [7, 11) is 0. The van der Waals surface area contributed by atoms with Gasteiger partial charge in [0.25, 0.3) is 0 Å². The highest BCUT2D eigenvalue weighted by Gasteiger charge is 2.17. The second kappa shape index (κ2) is 8.36. The van der Waals surface area contributed by atoms with Gasteiger partial charge in [-0.1, -0.05) is 4.98 Å². The van der Waals surface area contributed by atoms with Gasteiger partial charge in [-0.25, -0.2) is 4.98 Å². The minimum Gasteiger partial charge on any atom is -0.337 e. The molecule has 8 heteroatoms. The van der Waals surface area contributed by atoms with Crippen molar-refractivity contribution in [1.82, 2.24) is 15.0 Å². The fourth-order valence-electron chi connectivity index (χ4n) is 3.33. The Balaban J connectivity index is 1.68. The van der Waals surface area contributed by atoms with Crippen molar-refractivity contribution >= 4 is 40.4 Å². The van der Waals surface area contributed by atoms with Gasteiger partial charge in [-0.05, 0) is 73.0 Å². The van der Waals surface area contributed by atoms with Crippen LogP contribution in [0, 0.1) is 36.5 Å². The molecule has 0 amide bonds. The van der Waals surface area contributed by atoms with Crippen LogP contribution in [0.4, 0.5) is 23.1 Å². The highest BCUT2D eigenvalue weighted by Crippen LogP contribution is 2.28. The van der Waals surface area contributed by atoms with E-state index in [9.17, 15) is 0 Å². The van der Waals surface area contributed by atoms with Gasteiger partial charge < -0.3 is 10.6 Å². The molecule has 8 nitrogen and oxygen atoms in total. The summed E-state index contributed by atoms with van der Waals surface area (Å²) in [6, 6.07) is 15.3. The number of hydrogen-bond donors (Lipinski definition) is 3.